The van der Waals surface area contributed by atoms with Crippen molar-refractivity contribution in [2.45, 2.75) is 19.9 Å². The van der Waals surface area contributed by atoms with Gasteiger partial charge in [-0.2, -0.15) is 0 Å². The van der Waals surface area contributed by atoms with Crippen LogP contribution in [0.15, 0.2) is 18.2 Å². The standard InChI is InChI=1S/C11H12N2O3/c1-8(14)12-5-4-9-2-3-11(13(15)16)6-10(9)7-12/h2-3,6H,4-5,7H2,1H3. The van der Waals surface area contributed by atoms with Gasteiger partial charge in [-0.15, -0.1) is 0 Å². The molecule has 1 aromatic carbocycles. The minimum atomic E-state index is -0.410. The Morgan fingerprint density at radius 3 is 2.81 bits per heavy atom. The lowest BCUT2D eigenvalue weighted by Gasteiger charge is -2.27. The smallest absolute Gasteiger partial charge is 0.269 e. The zero-order valence-corrected chi connectivity index (χ0v) is 8.97. The SMILES string of the molecule is CC(=O)N1CCc2ccc([N+](=O)[O-])cc2C1. The summed E-state index contributed by atoms with van der Waals surface area (Å²) in [5.74, 6) is 0.0113. The Hall–Kier alpha value is -1.91. The van der Waals surface area contributed by atoms with Crippen molar-refractivity contribution >= 4 is 11.6 Å². The summed E-state index contributed by atoms with van der Waals surface area (Å²) in [4.78, 5) is 23.1. The van der Waals surface area contributed by atoms with Crippen LogP contribution in [-0.4, -0.2) is 22.3 Å². The molecular formula is C11H12N2O3. The highest BCUT2D eigenvalue weighted by Gasteiger charge is 2.20. The highest BCUT2D eigenvalue weighted by molar-refractivity contribution is 5.73. The molecule has 0 bridgehead atoms. The van der Waals surface area contributed by atoms with E-state index in [0.29, 0.717) is 13.1 Å². The first-order valence-corrected chi connectivity index (χ1v) is 5.09. The van der Waals surface area contributed by atoms with Crippen molar-refractivity contribution in [3.63, 3.8) is 0 Å². The van der Waals surface area contributed by atoms with Crippen LogP contribution in [0, 0.1) is 10.1 Å². The number of rotatable bonds is 1. The first kappa shape index (κ1) is 10.6. The van der Waals surface area contributed by atoms with Crippen LogP contribution in [-0.2, 0) is 17.8 Å². The van der Waals surface area contributed by atoms with Gasteiger partial charge in [0, 0.05) is 32.1 Å². The van der Waals surface area contributed by atoms with E-state index < -0.39 is 4.92 Å². The molecule has 5 nitrogen and oxygen atoms in total. The molecule has 0 saturated heterocycles. The maximum absolute atomic E-state index is 11.2. The number of non-ortho nitro benzene ring substituents is 1. The van der Waals surface area contributed by atoms with Crippen LogP contribution in [0.25, 0.3) is 0 Å². The van der Waals surface area contributed by atoms with E-state index in [-0.39, 0.29) is 11.6 Å². The number of benzene rings is 1. The molecule has 1 aliphatic rings. The van der Waals surface area contributed by atoms with Crippen molar-refractivity contribution in [1.29, 1.82) is 0 Å². The van der Waals surface area contributed by atoms with E-state index >= 15 is 0 Å². The van der Waals surface area contributed by atoms with E-state index in [4.69, 9.17) is 0 Å². The zero-order chi connectivity index (χ0) is 11.7. The average Bonchev–Trinajstić information content (AvgIpc) is 2.27. The van der Waals surface area contributed by atoms with Crippen molar-refractivity contribution in [3.8, 4) is 0 Å². The molecule has 0 unspecified atom stereocenters. The van der Waals surface area contributed by atoms with Gasteiger partial charge in [0.05, 0.1) is 4.92 Å². The van der Waals surface area contributed by atoms with E-state index in [0.717, 1.165) is 17.5 Å². The van der Waals surface area contributed by atoms with Gasteiger partial charge in [0.1, 0.15) is 0 Å². The van der Waals surface area contributed by atoms with Gasteiger partial charge in [0.2, 0.25) is 5.91 Å². The van der Waals surface area contributed by atoms with Gasteiger partial charge in [-0.1, -0.05) is 6.07 Å². The molecule has 1 heterocycles. The lowest BCUT2D eigenvalue weighted by Crippen LogP contribution is -2.34. The second kappa shape index (κ2) is 3.92. The van der Waals surface area contributed by atoms with Gasteiger partial charge in [0.15, 0.2) is 0 Å². The fourth-order valence-corrected chi connectivity index (χ4v) is 1.93. The lowest BCUT2D eigenvalue weighted by molar-refractivity contribution is -0.385. The number of nitro benzene ring substituents is 1. The van der Waals surface area contributed by atoms with Crippen molar-refractivity contribution < 1.29 is 9.72 Å². The van der Waals surface area contributed by atoms with Crippen molar-refractivity contribution in [1.82, 2.24) is 4.90 Å². The van der Waals surface area contributed by atoms with Gasteiger partial charge < -0.3 is 4.90 Å². The predicted molar refractivity (Wildman–Crippen MR) is 57.9 cm³/mol. The molecule has 1 aromatic rings. The monoisotopic (exact) mass is 220 g/mol. The highest BCUT2D eigenvalue weighted by atomic mass is 16.6. The van der Waals surface area contributed by atoms with Crippen molar-refractivity contribution in [3.05, 3.63) is 39.4 Å². The fraction of sp³-hybridized carbons (Fsp3) is 0.364. The molecule has 1 aliphatic heterocycles. The number of carbonyl (C=O) groups excluding carboxylic acids is 1. The van der Waals surface area contributed by atoms with Crippen LogP contribution >= 0.6 is 0 Å². The van der Waals surface area contributed by atoms with Crippen LogP contribution in [0.3, 0.4) is 0 Å². The summed E-state index contributed by atoms with van der Waals surface area (Å²) in [5.41, 5.74) is 2.07. The second-order valence-electron chi connectivity index (χ2n) is 3.90. The minimum Gasteiger partial charge on any atom is -0.338 e. The quantitative estimate of drug-likeness (QED) is 0.532. The molecule has 0 saturated carbocycles. The molecule has 0 radical (unpaired) electrons. The Balaban J connectivity index is 2.32. The summed E-state index contributed by atoms with van der Waals surface area (Å²) in [6.07, 6.45) is 0.771. The highest BCUT2D eigenvalue weighted by Crippen LogP contribution is 2.23. The Morgan fingerprint density at radius 1 is 1.44 bits per heavy atom. The van der Waals surface area contributed by atoms with Gasteiger partial charge in [-0.05, 0) is 17.5 Å². The first-order valence-electron chi connectivity index (χ1n) is 5.09. The summed E-state index contributed by atoms with van der Waals surface area (Å²) in [7, 11) is 0. The fourth-order valence-electron chi connectivity index (χ4n) is 1.93. The Kier molecular flexibility index (Phi) is 2.60. The summed E-state index contributed by atoms with van der Waals surface area (Å²) < 4.78 is 0. The Bertz CT molecular complexity index is 457. The molecule has 0 aliphatic carbocycles. The van der Waals surface area contributed by atoms with E-state index in [9.17, 15) is 14.9 Å². The first-order chi connectivity index (χ1) is 7.58. The molecule has 16 heavy (non-hydrogen) atoms. The number of carbonyl (C=O) groups is 1. The molecule has 0 aromatic heterocycles. The molecule has 5 heteroatoms. The van der Waals surface area contributed by atoms with Gasteiger partial charge >= 0.3 is 0 Å². The van der Waals surface area contributed by atoms with E-state index in [1.165, 1.54) is 13.0 Å². The van der Waals surface area contributed by atoms with E-state index in [1.807, 2.05) is 0 Å². The third-order valence-electron chi connectivity index (χ3n) is 2.86. The van der Waals surface area contributed by atoms with Crippen molar-refractivity contribution in [2.24, 2.45) is 0 Å². The zero-order valence-electron chi connectivity index (χ0n) is 8.97. The predicted octanol–water partition coefficient (Wildman–Crippen LogP) is 1.50. The van der Waals surface area contributed by atoms with Crippen LogP contribution in [0.5, 0.6) is 0 Å². The maximum atomic E-state index is 11.2. The number of hydrogen-bond donors (Lipinski definition) is 0. The van der Waals surface area contributed by atoms with Gasteiger partial charge in [-0.3, -0.25) is 14.9 Å². The summed E-state index contributed by atoms with van der Waals surface area (Å²) in [6.45, 7) is 2.69. The Labute approximate surface area is 92.8 Å². The number of amides is 1. The third-order valence-corrected chi connectivity index (χ3v) is 2.86. The molecule has 0 spiro atoms. The molecular weight excluding hydrogens is 208 g/mol. The third kappa shape index (κ3) is 1.88. The molecule has 2 rings (SSSR count). The van der Waals surface area contributed by atoms with Crippen LogP contribution in [0.4, 0.5) is 5.69 Å². The molecule has 0 N–H and O–H groups in total. The maximum Gasteiger partial charge on any atom is 0.269 e. The minimum absolute atomic E-state index is 0.0113. The van der Waals surface area contributed by atoms with Crippen molar-refractivity contribution in [2.75, 3.05) is 6.54 Å². The normalized spacial score (nSPS) is 14.4. The molecule has 0 fully saturated rings. The Morgan fingerprint density at radius 2 is 2.19 bits per heavy atom. The number of fused-ring (bicyclic) bond motifs is 1. The second-order valence-corrected chi connectivity index (χ2v) is 3.90. The summed E-state index contributed by atoms with van der Waals surface area (Å²) >= 11 is 0. The summed E-state index contributed by atoms with van der Waals surface area (Å²) in [5, 5.41) is 10.6. The molecule has 84 valence electrons. The number of hydrogen-bond acceptors (Lipinski definition) is 3. The average molecular weight is 220 g/mol. The number of nitrogens with zero attached hydrogens (tertiary/aromatic N) is 2. The van der Waals surface area contributed by atoms with E-state index in [2.05, 4.69) is 0 Å². The molecule has 0 atom stereocenters. The van der Waals surface area contributed by atoms with Crippen LogP contribution in [0.1, 0.15) is 18.1 Å². The lowest BCUT2D eigenvalue weighted by atomic mass is 9.99. The van der Waals surface area contributed by atoms with Gasteiger partial charge in [0.25, 0.3) is 5.69 Å². The topological polar surface area (TPSA) is 63.5 Å². The largest absolute Gasteiger partial charge is 0.338 e. The molecule has 1 amide bonds. The van der Waals surface area contributed by atoms with E-state index in [1.54, 1.807) is 17.0 Å². The number of nitro groups is 1. The van der Waals surface area contributed by atoms with Crippen LogP contribution in [0.2, 0.25) is 0 Å². The van der Waals surface area contributed by atoms with Gasteiger partial charge in [-0.25, -0.2) is 0 Å². The van der Waals surface area contributed by atoms with Crippen LogP contribution < -0.4 is 0 Å². The summed E-state index contributed by atoms with van der Waals surface area (Å²) in [6, 6.07) is 4.86.